The van der Waals surface area contributed by atoms with E-state index in [-0.39, 0.29) is 9.79 Å². The highest BCUT2D eigenvalue weighted by molar-refractivity contribution is 7.91. The third-order valence-corrected chi connectivity index (χ3v) is 7.68. The molecule has 0 saturated carbocycles. The number of sulfone groups is 1. The van der Waals surface area contributed by atoms with Gasteiger partial charge in [-0.15, -0.1) is 0 Å². The summed E-state index contributed by atoms with van der Waals surface area (Å²) in [6.45, 7) is 4.39. The van der Waals surface area contributed by atoms with E-state index < -0.39 is 15.7 Å². The first kappa shape index (κ1) is 18.4. The van der Waals surface area contributed by atoms with Gasteiger partial charge in [-0.2, -0.15) is 0 Å². The molecular formula is C21H25FN2O2S. The number of halogens is 1. The maximum absolute atomic E-state index is 13.6. The van der Waals surface area contributed by atoms with E-state index >= 15 is 0 Å². The molecule has 2 aromatic carbocycles. The van der Waals surface area contributed by atoms with E-state index in [1.165, 1.54) is 18.2 Å². The Labute approximate surface area is 160 Å². The number of hydrogen-bond donors (Lipinski definition) is 1. The Morgan fingerprint density at radius 2 is 1.74 bits per heavy atom. The number of fused-ring (bicyclic) bond motifs is 3. The van der Waals surface area contributed by atoms with Crippen molar-refractivity contribution in [2.75, 3.05) is 11.9 Å². The Hall–Kier alpha value is -1.92. The normalized spacial score (nSPS) is 27.8. The molecular weight excluding hydrogens is 363 g/mol. The van der Waals surface area contributed by atoms with Gasteiger partial charge in [0.2, 0.25) is 9.84 Å². The zero-order chi connectivity index (χ0) is 19.3. The molecule has 0 spiro atoms. The van der Waals surface area contributed by atoms with Crippen molar-refractivity contribution < 1.29 is 12.8 Å². The molecule has 27 heavy (non-hydrogen) atoms. The van der Waals surface area contributed by atoms with E-state index in [9.17, 15) is 12.8 Å². The summed E-state index contributed by atoms with van der Waals surface area (Å²) in [6.07, 6.45) is 1.99. The molecule has 2 aliphatic heterocycles. The Balaban J connectivity index is 1.78. The smallest absolute Gasteiger partial charge is 0.206 e. The summed E-state index contributed by atoms with van der Waals surface area (Å²) in [5.74, 6) is -0.255. The number of hydrogen-bond acceptors (Lipinski definition) is 4. The predicted octanol–water partition coefficient (Wildman–Crippen LogP) is 3.72. The lowest BCUT2D eigenvalue weighted by atomic mass is 9.88. The van der Waals surface area contributed by atoms with Gasteiger partial charge in [0.1, 0.15) is 5.82 Å². The van der Waals surface area contributed by atoms with Gasteiger partial charge in [-0.25, -0.2) is 12.8 Å². The molecule has 0 radical (unpaired) electrons. The molecule has 4 nitrogen and oxygen atoms in total. The van der Waals surface area contributed by atoms with E-state index in [4.69, 9.17) is 0 Å². The molecule has 1 saturated heterocycles. The standard InChI is InChI=1S/C21H25FN2O2S/c1-13-9-18-19-12-17(27(25,26)16-6-4-5-15(22)11-16)7-8-20(19)24(3)21(18)10-14(2)23-13/h4-8,11-14,18,21,23H,9-10H2,1-3H3/t13?,14?,18-,21?/m1/s1. The van der Waals surface area contributed by atoms with Crippen LogP contribution in [0.15, 0.2) is 52.3 Å². The van der Waals surface area contributed by atoms with Crippen molar-refractivity contribution in [2.45, 2.75) is 60.5 Å². The van der Waals surface area contributed by atoms with Gasteiger partial charge >= 0.3 is 0 Å². The first-order valence-corrected chi connectivity index (χ1v) is 10.9. The number of anilines is 1. The molecule has 3 unspecified atom stereocenters. The largest absolute Gasteiger partial charge is 0.371 e. The zero-order valence-electron chi connectivity index (χ0n) is 15.8. The average Bonchev–Trinajstić information content (AvgIpc) is 2.76. The SMILES string of the molecule is CC1CC2[C@H](CC(C)N1)c1cc(S(=O)(=O)c3cccc(F)c3)ccc1N2C. The molecule has 4 rings (SSSR count). The van der Waals surface area contributed by atoms with Gasteiger partial charge < -0.3 is 10.2 Å². The molecule has 2 heterocycles. The summed E-state index contributed by atoms with van der Waals surface area (Å²) in [7, 11) is -1.66. The first-order valence-electron chi connectivity index (χ1n) is 9.41. The predicted molar refractivity (Wildman–Crippen MR) is 105 cm³/mol. The van der Waals surface area contributed by atoms with Crippen LogP contribution in [0.3, 0.4) is 0 Å². The highest BCUT2D eigenvalue weighted by Crippen LogP contribution is 2.46. The van der Waals surface area contributed by atoms with Crippen molar-refractivity contribution in [3.8, 4) is 0 Å². The summed E-state index contributed by atoms with van der Waals surface area (Å²) in [5, 5.41) is 3.61. The van der Waals surface area contributed by atoms with Gasteiger partial charge in [0.25, 0.3) is 0 Å². The monoisotopic (exact) mass is 388 g/mol. The van der Waals surface area contributed by atoms with Crippen LogP contribution >= 0.6 is 0 Å². The third kappa shape index (κ3) is 3.15. The fraction of sp³-hybridized carbons (Fsp3) is 0.429. The molecule has 2 aliphatic rings. The van der Waals surface area contributed by atoms with Crippen LogP contribution in [0, 0.1) is 5.82 Å². The van der Waals surface area contributed by atoms with Crippen molar-refractivity contribution >= 4 is 15.5 Å². The van der Waals surface area contributed by atoms with E-state index in [1.807, 2.05) is 6.07 Å². The van der Waals surface area contributed by atoms with Crippen LogP contribution in [-0.4, -0.2) is 33.6 Å². The summed E-state index contributed by atoms with van der Waals surface area (Å²) < 4.78 is 39.6. The highest BCUT2D eigenvalue weighted by atomic mass is 32.2. The third-order valence-electron chi connectivity index (χ3n) is 5.93. The lowest BCUT2D eigenvalue weighted by molar-refractivity contribution is 0.466. The van der Waals surface area contributed by atoms with Crippen LogP contribution in [0.4, 0.5) is 10.1 Å². The number of nitrogens with one attached hydrogen (secondary N) is 1. The zero-order valence-corrected chi connectivity index (χ0v) is 16.6. The topological polar surface area (TPSA) is 49.4 Å². The fourth-order valence-electron chi connectivity index (χ4n) is 4.72. The highest BCUT2D eigenvalue weighted by Gasteiger charge is 2.40. The van der Waals surface area contributed by atoms with Gasteiger partial charge in [0.15, 0.2) is 0 Å². The second kappa shape index (κ2) is 6.60. The lowest BCUT2D eigenvalue weighted by Crippen LogP contribution is -2.36. The van der Waals surface area contributed by atoms with Crippen molar-refractivity contribution in [1.82, 2.24) is 5.32 Å². The van der Waals surface area contributed by atoms with Gasteiger partial charge in [0, 0.05) is 36.8 Å². The number of nitrogens with zero attached hydrogens (tertiary/aromatic N) is 1. The summed E-state index contributed by atoms with van der Waals surface area (Å²) in [6, 6.07) is 11.7. The molecule has 0 bridgehead atoms. The van der Waals surface area contributed by atoms with Crippen molar-refractivity contribution in [2.24, 2.45) is 0 Å². The summed E-state index contributed by atoms with van der Waals surface area (Å²) in [4.78, 5) is 2.52. The average molecular weight is 389 g/mol. The van der Waals surface area contributed by atoms with Gasteiger partial charge in [0.05, 0.1) is 9.79 Å². The van der Waals surface area contributed by atoms with E-state index in [2.05, 4.69) is 31.1 Å². The van der Waals surface area contributed by atoms with E-state index in [0.717, 1.165) is 30.2 Å². The molecule has 4 atom stereocenters. The minimum atomic E-state index is -3.75. The van der Waals surface area contributed by atoms with Gasteiger partial charge in [-0.05, 0) is 68.7 Å². The van der Waals surface area contributed by atoms with Crippen LogP contribution in [0.25, 0.3) is 0 Å². The molecule has 0 amide bonds. The second-order valence-corrected chi connectivity index (χ2v) is 9.86. The maximum Gasteiger partial charge on any atom is 0.206 e. The van der Waals surface area contributed by atoms with Gasteiger partial charge in [-0.1, -0.05) is 6.07 Å². The second-order valence-electron chi connectivity index (χ2n) is 7.91. The minimum absolute atomic E-state index is 0.00475. The van der Waals surface area contributed by atoms with Gasteiger partial charge in [-0.3, -0.25) is 0 Å². The lowest BCUT2D eigenvalue weighted by Gasteiger charge is -2.26. The Morgan fingerprint density at radius 1 is 1.04 bits per heavy atom. The van der Waals surface area contributed by atoms with Crippen LogP contribution in [0.1, 0.15) is 38.2 Å². The van der Waals surface area contributed by atoms with Crippen molar-refractivity contribution in [1.29, 1.82) is 0 Å². The molecule has 0 aliphatic carbocycles. The van der Waals surface area contributed by atoms with Crippen LogP contribution in [-0.2, 0) is 9.84 Å². The molecule has 1 fully saturated rings. The number of rotatable bonds is 2. The molecule has 144 valence electrons. The Bertz CT molecular complexity index is 976. The Morgan fingerprint density at radius 3 is 2.48 bits per heavy atom. The molecule has 1 N–H and O–H groups in total. The number of likely N-dealkylation sites (N-methyl/N-ethyl adjacent to an activating group) is 1. The number of benzene rings is 2. The summed E-state index contributed by atoms with van der Waals surface area (Å²) >= 11 is 0. The van der Waals surface area contributed by atoms with Crippen LogP contribution in [0.5, 0.6) is 0 Å². The van der Waals surface area contributed by atoms with Crippen LogP contribution < -0.4 is 10.2 Å². The Kier molecular flexibility index (Phi) is 4.51. The van der Waals surface area contributed by atoms with E-state index in [1.54, 1.807) is 12.1 Å². The molecule has 0 aromatic heterocycles. The molecule has 2 aromatic rings. The summed E-state index contributed by atoms with van der Waals surface area (Å²) in [5.41, 5.74) is 2.19. The maximum atomic E-state index is 13.6. The van der Waals surface area contributed by atoms with Crippen LogP contribution in [0.2, 0.25) is 0 Å². The molecule has 6 heteroatoms. The minimum Gasteiger partial charge on any atom is -0.371 e. The quantitative estimate of drug-likeness (QED) is 0.852. The fourth-order valence-corrected chi connectivity index (χ4v) is 6.04. The van der Waals surface area contributed by atoms with Crippen molar-refractivity contribution in [3.63, 3.8) is 0 Å². The van der Waals surface area contributed by atoms with Crippen molar-refractivity contribution in [3.05, 3.63) is 53.8 Å². The first-order chi connectivity index (χ1) is 12.8. The van der Waals surface area contributed by atoms with E-state index in [0.29, 0.717) is 24.0 Å².